The summed E-state index contributed by atoms with van der Waals surface area (Å²) in [5.74, 6) is 0. The van der Waals surface area contributed by atoms with E-state index in [4.69, 9.17) is 4.43 Å². The van der Waals surface area contributed by atoms with Crippen LogP contribution in [-0.4, -0.2) is 32.1 Å². The van der Waals surface area contributed by atoms with E-state index in [1.165, 1.54) is 0 Å². The van der Waals surface area contributed by atoms with Gasteiger partial charge in [0.1, 0.15) is 0 Å². The Balaban J connectivity index is 3.18. The minimum absolute atomic E-state index is 0.485. The standard InChI is InChI=1S/C9H18O3Si2/c1-8(2)14(9(3)4)12-6-5-7-13(14,10)11/h10-11H,1,3,5-7H2,2,4H3. The first kappa shape index (κ1) is 11.9. The molecule has 0 aromatic heterocycles. The fraction of sp³-hybridized carbons (Fsp3) is 0.556. The molecule has 0 bridgehead atoms. The Labute approximate surface area is 86.9 Å². The van der Waals surface area contributed by atoms with Gasteiger partial charge in [0.2, 0.25) is 0 Å². The van der Waals surface area contributed by atoms with Crippen molar-refractivity contribution in [2.45, 2.75) is 26.3 Å². The predicted molar refractivity (Wildman–Crippen MR) is 60.9 cm³/mol. The molecule has 14 heavy (non-hydrogen) atoms. The van der Waals surface area contributed by atoms with Gasteiger partial charge in [-0.05, 0) is 26.3 Å². The van der Waals surface area contributed by atoms with Crippen molar-refractivity contribution < 1.29 is 14.0 Å². The minimum atomic E-state index is -3.28. The highest BCUT2D eigenvalue weighted by atomic mass is 29.3. The third-order valence-corrected chi connectivity index (χ3v) is 15.1. The Hall–Kier alpha value is -0.206. The van der Waals surface area contributed by atoms with Gasteiger partial charge in [-0.1, -0.05) is 10.4 Å². The summed E-state index contributed by atoms with van der Waals surface area (Å²) in [6, 6.07) is 0.485. The quantitative estimate of drug-likeness (QED) is 0.698. The SMILES string of the molecule is C=C(C)[Si]1(C(=C)C)OCCC[Si]1(O)O. The van der Waals surface area contributed by atoms with Gasteiger partial charge < -0.3 is 14.0 Å². The van der Waals surface area contributed by atoms with E-state index >= 15 is 0 Å². The molecule has 3 nitrogen and oxygen atoms in total. The third kappa shape index (κ3) is 1.55. The van der Waals surface area contributed by atoms with E-state index in [1.807, 2.05) is 13.8 Å². The lowest BCUT2D eigenvalue weighted by molar-refractivity contribution is 0.266. The number of allylic oxidation sites excluding steroid dienone is 2. The van der Waals surface area contributed by atoms with E-state index in [-0.39, 0.29) is 0 Å². The van der Waals surface area contributed by atoms with Crippen molar-refractivity contribution in [3.05, 3.63) is 23.6 Å². The summed E-state index contributed by atoms with van der Waals surface area (Å²) < 4.78 is 5.71. The van der Waals surface area contributed by atoms with Crippen LogP contribution in [0.25, 0.3) is 0 Å². The van der Waals surface area contributed by atoms with Crippen LogP contribution in [-0.2, 0) is 4.43 Å². The van der Waals surface area contributed by atoms with Crippen molar-refractivity contribution in [1.29, 1.82) is 0 Å². The maximum atomic E-state index is 10.1. The highest BCUT2D eigenvalue weighted by Gasteiger charge is 2.61. The zero-order chi connectivity index (χ0) is 11.0. The van der Waals surface area contributed by atoms with Crippen LogP contribution in [0.3, 0.4) is 0 Å². The molecule has 0 atom stereocenters. The highest BCUT2D eigenvalue weighted by molar-refractivity contribution is 7.39. The number of hydrogen-bond donors (Lipinski definition) is 2. The van der Waals surface area contributed by atoms with Gasteiger partial charge in [-0.3, -0.25) is 0 Å². The molecule has 2 N–H and O–H groups in total. The van der Waals surface area contributed by atoms with Crippen LogP contribution in [0.5, 0.6) is 0 Å². The van der Waals surface area contributed by atoms with Gasteiger partial charge >= 0.3 is 8.08 Å². The van der Waals surface area contributed by atoms with E-state index in [9.17, 15) is 9.59 Å². The summed E-state index contributed by atoms with van der Waals surface area (Å²) in [6.45, 7) is 12.0. The molecule has 1 saturated heterocycles. The maximum absolute atomic E-state index is 10.1. The van der Waals surface area contributed by atoms with Crippen LogP contribution in [0, 0.1) is 0 Å². The van der Waals surface area contributed by atoms with Gasteiger partial charge in [0.15, 0.2) is 0 Å². The van der Waals surface area contributed by atoms with Crippen molar-refractivity contribution in [3.63, 3.8) is 0 Å². The lowest BCUT2D eigenvalue weighted by Gasteiger charge is -2.43. The maximum Gasteiger partial charge on any atom is 0.354 e. The fourth-order valence-corrected chi connectivity index (χ4v) is 13.1. The molecular formula is C9H18O3Si2. The van der Waals surface area contributed by atoms with Gasteiger partial charge in [0.05, 0.1) is 0 Å². The molecule has 80 valence electrons. The molecule has 1 rings (SSSR count). The molecule has 1 aliphatic rings. The lowest BCUT2D eigenvalue weighted by Crippen LogP contribution is -2.69. The topological polar surface area (TPSA) is 49.7 Å². The second kappa shape index (κ2) is 3.75. The molecule has 0 spiro atoms. The molecule has 0 amide bonds. The molecule has 0 unspecified atom stereocenters. The molecule has 0 radical (unpaired) electrons. The van der Waals surface area contributed by atoms with Crippen LogP contribution in [0.15, 0.2) is 23.6 Å². The molecule has 5 heteroatoms. The monoisotopic (exact) mass is 230 g/mol. The van der Waals surface area contributed by atoms with Crippen LogP contribution in [0.4, 0.5) is 0 Å². The van der Waals surface area contributed by atoms with Gasteiger partial charge in [0, 0.05) is 6.61 Å². The summed E-state index contributed by atoms with van der Waals surface area (Å²) >= 11 is 0. The van der Waals surface area contributed by atoms with Crippen molar-refractivity contribution >= 4 is 15.9 Å². The van der Waals surface area contributed by atoms with Crippen molar-refractivity contribution in [2.24, 2.45) is 0 Å². The van der Waals surface area contributed by atoms with Gasteiger partial charge in [-0.25, -0.2) is 0 Å². The van der Waals surface area contributed by atoms with Crippen LogP contribution in [0.2, 0.25) is 6.04 Å². The van der Waals surface area contributed by atoms with Gasteiger partial charge in [-0.15, -0.1) is 13.2 Å². The predicted octanol–water partition coefficient (Wildman–Crippen LogP) is 1.09. The molecule has 0 aromatic carbocycles. The minimum Gasteiger partial charge on any atom is -0.411 e. The molecule has 0 saturated carbocycles. The normalized spacial score (nSPS) is 24.3. The summed E-state index contributed by atoms with van der Waals surface area (Å²) in [5, 5.41) is 1.56. The summed E-state index contributed by atoms with van der Waals surface area (Å²) in [6.07, 6.45) is 0.731. The first-order chi connectivity index (χ1) is 6.34. The van der Waals surface area contributed by atoms with E-state index < -0.39 is 15.9 Å². The second-order valence-electron chi connectivity index (χ2n) is 4.01. The van der Waals surface area contributed by atoms with E-state index in [2.05, 4.69) is 13.2 Å². The zero-order valence-electron chi connectivity index (χ0n) is 8.84. The van der Waals surface area contributed by atoms with E-state index in [0.29, 0.717) is 12.7 Å². The van der Waals surface area contributed by atoms with Crippen LogP contribution >= 0.6 is 0 Å². The molecule has 0 aromatic rings. The Bertz CT molecular complexity index is 259. The highest BCUT2D eigenvalue weighted by Crippen LogP contribution is 2.35. The van der Waals surface area contributed by atoms with Crippen LogP contribution < -0.4 is 0 Å². The second-order valence-corrected chi connectivity index (χ2v) is 14.0. The smallest absolute Gasteiger partial charge is 0.354 e. The first-order valence-corrected chi connectivity index (χ1v) is 9.76. The average Bonchev–Trinajstić information content (AvgIpc) is 2.02. The Morgan fingerprint density at radius 1 is 1.21 bits per heavy atom. The lowest BCUT2D eigenvalue weighted by atomic mass is 10.5. The molecular weight excluding hydrogens is 212 g/mol. The van der Waals surface area contributed by atoms with Crippen molar-refractivity contribution in [1.82, 2.24) is 0 Å². The number of rotatable bonds is 2. The fourth-order valence-electron chi connectivity index (χ4n) is 2.13. The third-order valence-electron chi connectivity index (χ3n) is 2.75. The molecule has 1 aliphatic heterocycles. The summed E-state index contributed by atoms with van der Waals surface area (Å²) in [7, 11) is -5.98. The van der Waals surface area contributed by atoms with Crippen molar-refractivity contribution in [2.75, 3.05) is 6.61 Å². The first-order valence-electron chi connectivity index (χ1n) is 4.75. The number of hydrogen-bond acceptors (Lipinski definition) is 3. The average molecular weight is 230 g/mol. The summed E-state index contributed by atoms with van der Waals surface area (Å²) in [5.41, 5.74) is 0. The van der Waals surface area contributed by atoms with E-state index in [1.54, 1.807) is 0 Å². The van der Waals surface area contributed by atoms with Gasteiger partial charge in [0.25, 0.3) is 7.83 Å². The Kier molecular flexibility index (Phi) is 3.18. The largest absolute Gasteiger partial charge is 0.411 e. The van der Waals surface area contributed by atoms with E-state index in [0.717, 1.165) is 16.8 Å². The van der Waals surface area contributed by atoms with Gasteiger partial charge in [-0.2, -0.15) is 0 Å². The molecule has 1 heterocycles. The summed E-state index contributed by atoms with van der Waals surface area (Å²) in [4.78, 5) is 20.3. The van der Waals surface area contributed by atoms with Crippen LogP contribution in [0.1, 0.15) is 20.3 Å². The molecule has 1 fully saturated rings. The Morgan fingerprint density at radius 2 is 1.71 bits per heavy atom. The van der Waals surface area contributed by atoms with Crippen molar-refractivity contribution in [3.8, 4) is 0 Å². The molecule has 0 aliphatic carbocycles. The zero-order valence-corrected chi connectivity index (χ0v) is 10.8. The Morgan fingerprint density at radius 3 is 2.00 bits per heavy atom.